The summed E-state index contributed by atoms with van der Waals surface area (Å²) in [6.07, 6.45) is 74.8. The molecule has 0 amide bonds. The van der Waals surface area contributed by atoms with Crippen molar-refractivity contribution in [3.05, 3.63) is 12.2 Å². The van der Waals surface area contributed by atoms with Gasteiger partial charge in [-0.25, -0.2) is 0 Å². The van der Waals surface area contributed by atoms with Crippen LogP contribution in [-0.4, -0.2) is 70.0 Å². The predicted octanol–water partition coefficient (Wildman–Crippen LogP) is 21.7. The molecule has 0 heterocycles. The summed E-state index contributed by atoms with van der Waals surface area (Å²) >= 11 is 0. The number of nitrogens with zero attached hydrogens (tertiary/aromatic N) is 1. The molecule has 0 spiro atoms. The van der Waals surface area contributed by atoms with Crippen molar-refractivity contribution in [2.24, 2.45) is 0 Å². The molecule has 0 fully saturated rings. The van der Waals surface area contributed by atoms with E-state index in [1.807, 2.05) is 21.1 Å². The fraction of sp³-hybridized carbons (Fsp3) is 0.942. The number of hydrogen-bond donors (Lipinski definition) is 0. The number of unbranched alkanes of at least 4 members (excludes halogenated alkanes) is 50. The third-order valence-corrected chi connectivity index (χ3v) is 17.0. The Morgan fingerprint density at radius 1 is 0.380 bits per heavy atom. The van der Waals surface area contributed by atoms with Gasteiger partial charge in [-0.3, -0.25) is 14.2 Å². The molecular formula is C69H136NO8P. The minimum absolute atomic E-state index is 0.0288. The normalized spacial score (nSPS) is 13.1. The first-order valence-electron chi connectivity index (χ1n) is 34.9. The topological polar surface area (TPSA) is 111 Å². The molecule has 0 aliphatic rings. The smallest absolute Gasteiger partial charge is 0.306 e. The Balaban J connectivity index is 3.78. The van der Waals surface area contributed by atoms with Crippen LogP contribution < -0.4 is 4.89 Å². The van der Waals surface area contributed by atoms with E-state index in [2.05, 4.69) is 26.0 Å². The van der Waals surface area contributed by atoms with Crippen molar-refractivity contribution in [3.63, 3.8) is 0 Å². The second kappa shape index (κ2) is 61.3. The Kier molecular flexibility index (Phi) is 60.3. The summed E-state index contributed by atoms with van der Waals surface area (Å²) in [7, 11) is 1.18. The van der Waals surface area contributed by atoms with Crippen molar-refractivity contribution in [2.45, 2.75) is 373 Å². The zero-order valence-electron chi connectivity index (χ0n) is 53.6. The number of phosphoric acid groups is 1. The Morgan fingerprint density at radius 3 is 0.937 bits per heavy atom. The van der Waals surface area contributed by atoms with E-state index in [9.17, 15) is 19.0 Å². The molecule has 9 nitrogen and oxygen atoms in total. The molecule has 0 saturated carbocycles. The van der Waals surface area contributed by atoms with E-state index in [4.69, 9.17) is 18.5 Å². The first-order chi connectivity index (χ1) is 38.5. The molecule has 79 heavy (non-hydrogen) atoms. The van der Waals surface area contributed by atoms with E-state index in [0.717, 1.165) is 51.4 Å². The Morgan fingerprint density at radius 2 is 0.646 bits per heavy atom. The van der Waals surface area contributed by atoms with Gasteiger partial charge in [0.25, 0.3) is 7.82 Å². The van der Waals surface area contributed by atoms with E-state index in [0.29, 0.717) is 17.4 Å². The monoisotopic (exact) mass is 1140 g/mol. The first kappa shape index (κ1) is 77.8. The fourth-order valence-electron chi connectivity index (χ4n) is 10.7. The van der Waals surface area contributed by atoms with Gasteiger partial charge in [-0.15, -0.1) is 0 Å². The fourth-order valence-corrected chi connectivity index (χ4v) is 11.4. The average molecular weight is 1140 g/mol. The molecule has 0 radical (unpaired) electrons. The van der Waals surface area contributed by atoms with E-state index in [1.54, 1.807) is 0 Å². The van der Waals surface area contributed by atoms with Gasteiger partial charge >= 0.3 is 11.9 Å². The molecule has 0 rings (SSSR count). The molecule has 0 aliphatic heterocycles. The van der Waals surface area contributed by atoms with Crippen molar-refractivity contribution in [1.29, 1.82) is 0 Å². The van der Waals surface area contributed by atoms with Crippen LogP contribution in [0.2, 0.25) is 0 Å². The summed E-state index contributed by atoms with van der Waals surface area (Å²) in [6, 6.07) is 0. The molecule has 0 N–H and O–H groups in total. The molecule has 0 aromatic rings. The highest BCUT2D eigenvalue weighted by Crippen LogP contribution is 2.38. The largest absolute Gasteiger partial charge is 0.756 e. The van der Waals surface area contributed by atoms with E-state index >= 15 is 0 Å². The quantitative estimate of drug-likeness (QED) is 0.0195. The molecule has 0 saturated heterocycles. The summed E-state index contributed by atoms with van der Waals surface area (Å²) in [5, 5.41) is 0. The van der Waals surface area contributed by atoms with Crippen molar-refractivity contribution in [1.82, 2.24) is 0 Å². The van der Waals surface area contributed by atoms with Gasteiger partial charge in [-0.2, -0.15) is 0 Å². The number of allylic oxidation sites excluding steroid dienone is 2. The Labute approximate surface area is 492 Å². The van der Waals surface area contributed by atoms with Gasteiger partial charge in [0.15, 0.2) is 6.10 Å². The van der Waals surface area contributed by atoms with Crippen LogP contribution in [0, 0.1) is 0 Å². The summed E-state index contributed by atoms with van der Waals surface area (Å²) in [4.78, 5) is 37.9. The van der Waals surface area contributed by atoms with Gasteiger partial charge in [0, 0.05) is 12.8 Å². The van der Waals surface area contributed by atoms with Crippen molar-refractivity contribution >= 4 is 19.8 Å². The van der Waals surface area contributed by atoms with Gasteiger partial charge < -0.3 is 27.9 Å². The number of carbonyl (C=O) groups is 2. The number of quaternary nitrogens is 1. The first-order valence-corrected chi connectivity index (χ1v) is 36.4. The minimum Gasteiger partial charge on any atom is -0.756 e. The molecule has 10 heteroatoms. The lowest BCUT2D eigenvalue weighted by Gasteiger charge is -2.28. The Hall–Kier alpha value is -1.25. The molecule has 2 atom stereocenters. The number of esters is 2. The number of phosphoric ester groups is 1. The highest BCUT2D eigenvalue weighted by atomic mass is 31.2. The summed E-state index contributed by atoms with van der Waals surface area (Å²) in [5.74, 6) is -0.824. The third-order valence-electron chi connectivity index (χ3n) is 16.0. The molecular weight excluding hydrogens is 1000 g/mol. The zero-order chi connectivity index (χ0) is 57.7. The second-order valence-electron chi connectivity index (χ2n) is 25.3. The molecule has 0 aliphatic carbocycles. The number of hydrogen-bond acceptors (Lipinski definition) is 8. The van der Waals surface area contributed by atoms with Gasteiger partial charge in [-0.05, 0) is 38.5 Å². The maximum atomic E-state index is 12.8. The molecule has 0 bridgehead atoms. The van der Waals surface area contributed by atoms with Gasteiger partial charge in [0.2, 0.25) is 0 Å². The SMILES string of the molecule is CCCCCCC/C=C\CCCCCCCC(=O)OC(COC(=O)CCCCCCCCCCCCCCCCCCCCCCCCCCCCCCCCCCCCCCCCCCC)COP(=O)([O-])OCC[N+](C)(C)C. The lowest BCUT2D eigenvalue weighted by Crippen LogP contribution is -2.37. The van der Waals surface area contributed by atoms with Crippen molar-refractivity contribution in [2.75, 3.05) is 47.5 Å². The van der Waals surface area contributed by atoms with Gasteiger partial charge in [0.05, 0.1) is 27.7 Å². The van der Waals surface area contributed by atoms with Gasteiger partial charge in [0.1, 0.15) is 19.8 Å². The van der Waals surface area contributed by atoms with E-state index in [-0.39, 0.29) is 32.0 Å². The standard InChI is InChI=1S/C69H136NO8P/c1-6-8-10-12-14-16-18-20-22-23-24-25-26-27-28-29-30-31-32-33-34-35-36-37-38-39-40-41-42-43-44-45-46-47-48-50-51-53-55-57-59-61-68(71)75-65-67(66-77-79(73,74)76-64-63-70(3,4)5)78-69(72)62-60-58-56-54-52-49-21-19-17-15-13-11-9-7-2/h19,21,67H,6-18,20,22-66H2,1-5H3/b21-19-. The number of ether oxygens (including phenoxy) is 2. The molecule has 470 valence electrons. The number of rotatable bonds is 66. The van der Waals surface area contributed by atoms with Crippen LogP contribution in [0.1, 0.15) is 367 Å². The van der Waals surface area contributed by atoms with Crippen LogP contribution in [0.25, 0.3) is 0 Å². The minimum atomic E-state index is -4.63. The Bertz CT molecular complexity index is 1340. The van der Waals surface area contributed by atoms with E-state index < -0.39 is 26.5 Å². The maximum absolute atomic E-state index is 12.8. The second-order valence-corrected chi connectivity index (χ2v) is 26.7. The number of carbonyl (C=O) groups excluding carboxylic acids is 2. The van der Waals surface area contributed by atoms with Crippen LogP contribution in [0.15, 0.2) is 12.2 Å². The summed E-state index contributed by atoms with van der Waals surface area (Å²) in [5.41, 5.74) is 0. The van der Waals surface area contributed by atoms with Crippen LogP contribution in [0.5, 0.6) is 0 Å². The predicted molar refractivity (Wildman–Crippen MR) is 338 cm³/mol. The van der Waals surface area contributed by atoms with Crippen LogP contribution in [0.3, 0.4) is 0 Å². The van der Waals surface area contributed by atoms with E-state index in [1.165, 1.54) is 283 Å². The van der Waals surface area contributed by atoms with Crippen LogP contribution in [-0.2, 0) is 32.7 Å². The maximum Gasteiger partial charge on any atom is 0.306 e. The van der Waals surface area contributed by atoms with Crippen molar-refractivity contribution < 1.29 is 42.1 Å². The lowest BCUT2D eigenvalue weighted by atomic mass is 10.0. The number of likely N-dealkylation sites (N-methyl/N-ethyl adjacent to an activating group) is 1. The van der Waals surface area contributed by atoms with Crippen LogP contribution in [0.4, 0.5) is 0 Å². The highest BCUT2D eigenvalue weighted by molar-refractivity contribution is 7.45. The summed E-state index contributed by atoms with van der Waals surface area (Å²) < 4.78 is 34.2. The van der Waals surface area contributed by atoms with Gasteiger partial charge in [-0.1, -0.05) is 328 Å². The van der Waals surface area contributed by atoms with Crippen LogP contribution >= 0.6 is 7.82 Å². The lowest BCUT2D eigenvalue weighted by molar-refractivity contribution is -0.870. The zero-order valence-corrected chi connectivity index (χ0v) is 54.5. The van der Waals surface area contributed by atoms with Crippen molar-refractivity contribution in [3.8, 4) is 0 Å². The third kappa shape index (κ3) is 65.8. The summed E-state index contributed by atoms with van der Waals surface area (Å²) in [6.45, 7) is 4.28. The highest BCUT2D eigenvalue weighted by Gasteiger charge is 2.22. The average Bonchev–Trinajstić information content (AvgIpc) is 3.41. The molecule has 0 aromatic carbocycles. The molecule has 0 aromatic heterocycles. The molecule has 2 unspecified atom stereocenters.